The second-order valence-electron chi connectivity index (χ2n) is 6.85. The highest BCUT2D eigenvalue weighted by atomic mass is 16.3. The molecule has 1 amide bonds. The zero-order valence-electron chi connectivity index (χ0n) is 15.2. The van der Waals surface area contributed by atoms with Crippen LogP contribution in [-0.2, 0) is 10.4 Å². The van der Waals surface area contributed by atoms with Gasteiger partial charge in [-0.05, 0) is 38.0 Å². The van der Waals surface area contributed by atoms with E-state index in [1.807, 2.05) is 32.9 Å². The Labute approximate surface area is 153 Å². The van der Waals surface area contributed by atoms with Gasteiger partial charge in [0.15, 0.2) is 11.4 Å². The largest absolute Gasteiger partial charge is 0.375 e. The minimum atomic E-state index is -1.89. The predicted octanol–water partition coefficient (Wildman–Crippen LogP) is 3.05. The van der Waals surface area contributed by atoms with E-state index in [9.17, 15) is 14.7 Å². The molecule has 4 heteroatoms. The Morgan fingerprint density at radius 2 is 1.81 bits per heavy atom. The molecule has 4 nitrogen and oxygen atoms in total. The quantitative estimate of drug-likeness (QED) is 0.683. The Hall–Kier alpha value is -2.90. The van der Waals surface area contributed by atoms with Crippen LogP contribution in [-0.4, -0.2) is 23.3 Å². The van der Waals surface area contributed by atoms with E-state index in [2.05, 4.69) is 5.92 Å². The summed E-state index contributed by atoms with van der Waals surface area (Å²) in [6, 6.07) is 10.8. The lowest BCUT2D eigenvalue weighted by Gasteiger charge is -2.22. The molecule has 1 aliphatic rings. The van der Waals surface area contributed by atoms with Gasteiger partial charge in [0.05, 0.1) is 18.7 Å². The third kappa shape index (κ3) is 2.71. The van der Waals surface area contributed by atoms with Crippen LogP contribution in [0.4, 0.5) is 5.69 Å². The molecule has 1 unspecified atom stereocenters. The average molecular weight is 347 g/mol. The maximum Gasteiger partial charge on any atom is 0.265 e. The van der Waals surface area contributed by atoms with Gasteiger partial charge in [0.25, 0.3) is 5.91 Å². The number of benzene rings is 2. The number of Topliss-reactive ketones (excluding diaryl/α,β-unsaturated/α-hetero) is 1. The fraction of sp³-hybridized carbons (Fsp3) is 0.273. The number of ketones is 1. The molecule has 0 radical (unpaired) electrons. The monoisotopic (exact) mass is 347 g/mol. The minimum absolute atomic E-state index is 0.0505. The van der Waals surface area contributed by atoms with Crippen molar-refractivity contribution in [2.75, 3.05) is 11.4 Å². The lowest BCUT2D eigenvalue weighted by molar-refractivity contribution is -0.135. The summed E-state index contributed by atoms with van der Waals surface area (Å²) in [7, 11) is 0. The van der Waals surface area contributed by atoms with Gasteiger partial charge >= 0.3 is 0 Å². The van der Waals surface area contributed by atoms with Crippen LogP contribution in [0.1, 0.15) is 39.0 Å². The van der Waals surface area contributed by atoms with Gasteiger partial charge in [-0.3, -0.25) is 14.5 Å². The number of amides is 1. The molecule has 0 spiro atoms. The van der Waals surface area contributed by atoms with Crippen LogP contribution in [0.2, 0.25) is 0 Å². The van der Waals surface area contributed by atoms with Crippen molar-refractivity contribution in [2.45, 2.75) is 32.8 Å². The highest BCUT2D eigenvalue weighted by Gasteiger charge is 2.50. The lowest BCUT2D eigenvalue weighted by atomic mass is 9.85. The summed E-state index contributed by atoms with van der Waals surface area (Å²) >= 11 is 0. The third-order valence-corrected chi connectivity index (χ3v) is 4.86. The van der Waals surface area contributed by atoms with E-state index in [1.165, 1.54) is 4.90 Å². The SMILES string of the molecule is C#CCN1C(=O)C(O)(CC(=O)c2c(C)cc(C)cc2C)c2ccccc21. The van der Waals surface area contributed by atoms with E-state index in [0.29, 0.717) is 16.8 Å². The van der Waals surface area contributed by atoms with Crippen LogP contribution < -0.4 is 4.90 Å². The zero-order valence-corrected chi connectivity index (χ0v) is 15.2. The van der Waals surface area contributed by atoms with E-state index >= 15 is 0 Å². The van der Waals surface area contributed by atoms with Crippen molar-refractivity contribution < 1.29 is 14.7 Å². The Kier molecular flexibility index (Phi) is 4.43. The molecule has 0 saturated carbocycles. The van der Waals surface area contributed by atoms with Crippen LogP contribution in [0.25, 0.3) is 0 Å². The minimum Gasteiger partial charge on any atom is -0.375 e. The van der Waals surface area contributed by atoms with E-state index in [-0.39, 0.29) is 18.7 Å². The van der Waals surface area contributed by atoms with Crippen LogP contribution >= 0.6 is 0 Å². The Bertz CT molecular complexity index is 931. The number of rotatable bonds is 4. The average Bonchev–Trinajstić information content (AvgIpc) is 2.77. The maximum absolute atomic E-state index is 13.0. The summed E-state index contributed by atoms with van der Waals surface area (Å²) in [5, 5.41) is 11.2. The number of aryl methyl sites for hydroxylation is 3. The molecule has 0 saturated heterocycles. The van der Waals surface area contributed by atoms with E-state index in [4.69, 9.17) is 6.42 Å². The van der Waals surface area contributed by atoms with Gasteiger partial charge in [0.2, 0.25) is 0 Å². The molecule has 2 aromatic carbocycles. The van der Waals surface area contributed by atoms with Gasteiger partial charge in [-0.1, -0.05) is 41.8 Å². The molecule has 1 atom stereocenters. The molecule has 1 N–H and O–H groups in total. The third-order valence-electron chi connectivity index (χ3n) is 4.86. The Morgan fingerprint density at radius 1 is 1.19 bits per heavy atom. The number of anilines is 1. The second-order valence-corrected chi connectivity index (χ2v) is 6.85. The molecular formula is C22H21NO3. The van der Waals surface area contributed by atoms with Crippen molar-refractivity contribution in [3.63, 3.8) is 0 Å². The molecule has 26 heavy (non-hydrogen) atoms. The van der Waals surface area contributed by atoms with Gasteiger partial charge in [-0.2, -0.15) is 0 Å². The van der Waals surface area contributed by atoms with Gasteiger partial charge in [0, 0.05) is 11.1 Å². The van der Waals surface area contributed by atoms with Crippen LogP contribution in [0.5, 0.6) is 0 Å². The van der Waals surface area contributed by atoms with Crippen LogP contribution in [0, 0.1) is 33.1 Å². The van der Waals surface area contributed by atoms with Crippen molar-refractivity contribution >= 4 is 17.4 Å². The van der Waals surface area contributed by atoms with Gasteiger partial charge < -0.3 is 5.11 Å². The highest BCUT2D eigenvalue weighted by molar-refractivity contribution is 6.11. The van der Waals surface area contributed by atoms with Crippen LogP contribution in [0.3, 0.4) is 0 Å². The summed E-state index contributed by atoms with van der Waals surface area (Å²) in [6.07, 6.45) is 5.06. The smallest absolute Gasteiger partial charge is 0.265 e. The molecule has 132 valence electrons. The number of carbonyl (C=O) groups excluding carboxylic acids is 2. The second kappa shape index (κ2) is 6.44. The number of terminal acetylenes is 1. The molecule has 1 aliphatic heterocycles. The molecule has 0 bridgehead atoms. The number of nitrogens with zero attached hydrogens (tertiary/aromatic N) is 1. The number of carbonyl (C=O) groups is 2. The number of para-hydroxylation sites is 1. The summed E-state index contributed by atoms with van der Waals surface area (Å²) in [5.74, 6) is 1.63. The first-order valence-corrected chi connectivity index (χ1v) is 8.48. The van der Waals surface area contributed by atoms with Gasteiger partial charge in [-0.15, -0.1) is 6.42 Å². The first kappa shape index (κ1) is 17.9. The first-order chi connectivity index (χ1) is 12.3. The molecule has 0 fully saturated rings. The summed E-state index contributed by atoms with van der Waals surface area (Å²) in [4.78, 5) is 27.3. The standard InChI is InChI=1S/C22H21NO3/c1-5-10-23-18-9-7-6-8-17(18)22(26,21(23)25)13-19(24)20-15(3)11-14(2)12-16(20)4/h1,6-9,11-12,26H,10,13H2,2-4H3. The van der Waals surface area contributed by atoms with Gasteiger partial charge in [-0.25, -0.2) is 0 Å². The first-order valence-electron chi connectivity index (χ1n) is 8.48. The van der Waals surface area contributed by atoms with Crippen molar-refractivity contribution in [1.82, 2.24) is 0 Å². The Morgan fingerprint density at radius 3 is 2.42 bits per heavy atom. The molecule has 0 aromatic heterocycles. The Balaban J connectivity index is 2.03. The topological polar surface area (TPSA) is 57.6 Å². The fourth-order valence-electron chi connectivity index (χ4n) is 3.87. The molecular weight excluding hydrogens is 326 g/mol. The number of aliphatic hydroxyl groups is 1. The normalized spacial score (nSPS) is 18.6. The fourth-order valence-corrected chi connectivity index (χ4v) is 3.87. The summed E-state index contributed by atoms with van der Waals surface area (Å²) < 4.78 is 0. The molecule has 2 aromatic rings. The maximum atomic E-state index is 13.0. The van der Waals surface area contributed by atoms with E-state index < -0.39 is 11.5 Å². The lowest BCUT2D eigenvalue weighted by Crippen LogP contribution is -2.42. The highest BCUT2D eigenvalue weighted by Crippen LogP contribution is 2.42. The van der Waals surface area contributed by atoms with Crippen LogP contribution in [0.15, 0.2) is 36.4 Å². The number of hydrogen-bond acceptors (Lipinski definition) is 3. The number of hydrogen-bond donors (Lipinski definition) is 1. The van der Waals surface area contributed by atoms with E-state index in [1.54, 1.807) is 24.3 Å². The van der Waals surface area contributed by atoms with Crippen molar-refractivity contribution in [2.24, 2.45) is 0 Å². The van der Waals surface area contributed by atoms with Crippen molar-refractivity contribution in [3.8, 4) is 12.3 Å². The molecule has 1 heterocycles. The predicted molar refractivity (Wildman–Crippen MR) is 101 cm³/mol. The zero-order chi connectivity index (χ0) is 19.1. The van der Waals surface area contributed by atoms with E-state index in [0.717, 1.165) is 16.7 Å². The summed E-state index contributed by atoms with van der Waals surface area (Å²) in [5.41, 5.74) is 2.40. The van der Waals surface area contributed by atoms with Gasteiger partial charge in [0.1, 0.15) is 0 Å². The molecule has 0 aliphatic carbocycles. The summed E-state index contributed by atoms with van der Waals surface area (Å²) in [6.45, 7) is 5.75. The van der Waals surface area contributed by atoms with Crippen molar-refractivity contribution in [3.05, 3.63) is 64.2 Å². The van der Waals surface area contributed by atoms with Crippen molar-refractivity contribution in [1.29, 1.82) is 0 Å². The number of fused-ring (bicyclic) bond motifs is 1. The molecule has 3 rings (SSSR count).